The lowest BCUT2D eigenvalue weighted by molar-refractivity contribution is 0.429. The summed E-state index contributed by atoms with van der Waals surface area (Å²) < 4.78 is 77.3. The van der Waals surface area contributed by atoms with Gasteiger partial charge in [-0.15, -0.1) is 0 Å². The van der Waals surface area contributed by atoms with E-state index in [-0.39, 0.29) is 0 Å². The lowest BCUT2D eigenvalue weighted by atomic mass is 10.2. The monoisotopic (exact) mass is 260 g/mol. The first kappa shape index (κ1) is 14.8. The van der Waals surface area contributed by atoms with Crippen LogP contribution in [0.25, 0.3) is 0 Å². The Morgan fingerprint density at radius 1 is 1.12 bits per heavy atom. The van der Waals surface area contributed by atoms with E-state index in [1.165, 1.54) is 0 Å². The van der Waals surface area contributed by atoms with E-state index in [1.807, 2.05) is 0 Å². The van der Waals surface area contributed by atoms with Crippen molar-refractivity contribution < 1.29 is 30.5 Å². The largest absolute Gasteiger partial charge is 0.300 e. The molecule has 8 heteroatoms. The molecule has 1 aromatic rings. The molecule has 0 spiro atoms. The summed E-state index contributed by atoms with van der Waals surface area (Å²) >= 11 is 0. The molecule has 0 aliphatic heterocycles. The van der Waals surface area contributed by atoms with Crippen LogP contribution in [0.3, 0.4) is 0 Å². The number of hydrogen-bond donors (Lipinski definition) is 1. The molecular weight excluding hydrogens is 252 g/mol. The van der Waals surface area contributed by atoms with Crippen LogP contribution in [0.15, 0.2) is 11.0 Å². The summed E-state index contributed by atoms with van der Waals surface area (Å²) in [5.74, 6) is -4.95. The minimum Gasteiger partial charge on any atom is -0.282 e. The molecule has 1 rings (SSSR count). The maximum absolute atomic E-state index is 13.0. The fraction of sp³-hybridized carbons (Fsp3) is 0.250. The molecule has 0 saturated heterocycles. The lowest BCUT2D eigenvalue weighted by Crippen LogP contribution is -2.08. The predicted molar refractivity (Wildman–Crippen MR) is 47.9 cm³/mol. The van der Waals surface area contributed by atoms with Crippen LogP contribution in [0.4, 0.5) is 17.6 Å². The van der Waals surface area contributed by atoms with Crippen molar-refractivity contribution >= 4 is 10.1 Å². The Bertz CT molecular complexity index is 458. The van der Waals surface area contributed by atoms with Crippen LogP contribution in [0.1, 0.15) is 5.56 Å². The van der Waals surface area contributed by atoms with Crippen molar-refractivity contribution in [3.05, 3.63) is 29.1 Å². The zero-order chi connectivity index (χ0) is 13.1. The van der Waals surface area contributed by atoms with E-state index in [0.29, 0.717) is 13.2 Å². The maximum Gasteiger partial charge on any atom is 0.300 e. The van der Waals surface area contributed by atoms with E-state index < -0.39 is 38.0 Å². The van der Waals surface area contributed by atoms with Gasteiger partial charge in [0.15, 0.2) is 16.5 Å². The standard InChI is InChI=1S/C7H5F3O3S.CH3F/c1-3-2-4(8)6(10)7(5(3)9)14(11,12)13;1-2/h2H,1H3,(H,11,12,13);1H3. The topological polar surface area (TPSA) is 54.4 Å². The normalized spacial score (nSPS) is 10.7. The molecule has 0 aliphatic rings. The second-order valence-electron chi connectivity index (χ2n) is 2.61. The molecule has 92 valence electrons. The molecule has 3 nitrogen and oxygen atoms in total. The van der Waals surface area contributed by atoms with E-state index in [9.17, 15) is 26.0 Å². The zero-order valence-corrected chi connectivity index (χ0v) is 9.08. The second kappa shape index (κ2) is 5.26. The van der Waals surface area contributed by atoms with Crippen molar-refractivity contribution in [3.63, 3.8) is 0 Å². The van der Waals surface area contributed by atoms with E-state index in [4.69, 9.17) is 4.55 Å². The number of rotatable bonds is 1. The van der Waals surface area contributed by atoms with E-state index in [1.54, 1.807) is 0 Å². The van der Waals surface area contributed by atoms with Crippen LogP contribution in [-0.4, -0.2) is 20.1 Å². The Balaban J connectivity index is 0.00000106. The summed E-state index contributed by atoms with van der Waals surface area (Å²) in [5.41, 5.74) is -0.406. The molecular formula is C8H8F4O3S. The Kier molecular flexibility index (Phi) is 4.88. The number of hydrogen-bond acceptors (Lipinski definition) is 2. The van der Waals surface area contributed by atoms with Gasteiger partial charge in [0, 0.05) is 0 Å². The Labute approximate surface area is 89.5 Å². The molecule has 0 amide bonds. The van der Waals surface area contributed by atoms with Crippen LogP contribution in [0.2, 0.25) is 0 Å². The van der Waals surface area contributed by atoms with Gasteiger partial charge in [-0.05, 0) is 18.6 Å². The quantitative estimate of drug-likeness (QED) is 0.478. The molecule has 0 unspecified atom stereocenters. The molecule has 0 heterocycles. The maximum atomic E-state index is 13.0. The van der Waals surface area contributed by atoms with Gasteiger partial charge in [0.2, 0.25) is 0 Å². The van der Waals surface area contributed by atoms with Crippen LogP contribution in [-0.2, 0) is 10.1 Å². The van der Waals surface area contributed by atoms with E-state index in [2.05, 4.69) is 0 Å². The first-order valence-electron chi connectivity index (χ1n) is 3.74. The zero-order valence-electron chi connectivity index (χ0n) is 8.26. The van der Waals surface area contributed by atoms with Gasteiger partial charge in [0.25, 0.3) is 0 Å². The first-order chi connectivity index (χ1) is 7.25. The van der Waals surface area contributed by atoms with Crippen LogP contribution in [0.5, 0.6) is 0 Å². The van der Waals surface area contributed by atoms with Crippen molar-refractivity contribution in [1.82, 2.24) is 0 Å². The average molecular weight is 260 g/mol. The van der Waals surface area contributed by atoms with Crippen LogP contribution < -0.4 is 0 Å². The summed E-state index contributed by atoms with van der Waals surface area (Å²) in [5, 5.41) is 0. The number of benzene rings is 1. The third kappa shape index (κ3) is 2.92. The summed E-state index contributed by atoms with van der Waals surface area (Å²) in [7, 11) is -4.60. The molecule has 0 aliphatic carbocycles. The molecule has 0 fully saturated rings. The molecule has 0 atom stereocenters. The first-order valence-corrected chi connectivity index (χ1v) is 5.18. The van der Waals surface area contributed by atoms with Crippen LogP contribution >= 0.6 is 0 Å². The molecule has 1 aromatic carbocycles. The summed E-state index contributed by atoms with van der Waals surface area (Å²) in [6.07, 6.45) is 0. The van der Waals surface area contributed by atoms with Gasteiger partial charge >= 0.3 is 10.1 Å². The predicted octanol–water partition coefficient (Wildman–Crippen LogP) is 2.24. The molecule has 1 N–H and O–H groups in total. The van der Waals surface area contributed by atoms with Crippen molar-refractivity contribution in [3.8, 4) is 0 Å². The SMILES string of the molecule is CF.Cc1cc(F)c(F)c(S(=O)(=O)O)c1F. The van der Waals surface area contributed by atoms with Gasteiger partial charge in [-0.3, -0.25) is 8.94 Å². The third-order valence-corrected chi connectivity index (χ3v) is 2.43. The summed E-state index contributed by atoms with van der Waals surface area (Å²) in [6, 6.07) is 0.499. The number of halogens is 4. The third-order valence-electron chi connectivity index (χ3n) is 1.56. The summed E-state index contributed by atoms with van der Waals surface area (Å²) in [6.45, 7) is 1.05. The summed E-state index contributed by atoms with van der Waals surface area (Å²) in [4.78, 5) is -1.66. The van der Waals surface area contributed by atoms with Crippen molar-refractivity contribution in [2.75, 3.05) is 7.18 Å². The highest BCUT2D eigenvalue weighted by Gasteiger charge is 2.26. The Morgan fingerprint density at radius 3 is 1.94 bits per heavy atom. The van der Waals surface area contributed by atoms with E-state index >= 15 is 0 Å². The molecule has 0 radical (unpaired) electrons. The number of alkyl halides is 1. The second-order valence-corrected chi connectivity index (χ2v) is 3.97. The fourth-order valence-corrected chi connectivity index (χ4v) is 1.64. The molecule has 0 aromatic heterocycles. The highest BCUT2D eigenvalue weighted by Crippen LogP contribution is 2.23. The fourth-order valence-electron chi connectivity index (χ4n) is 0.927. The average Bonchev–Trinajstić information content (AvgIpc) is 2.16. The van der Waals surface area contributed by atoms with Gasteiger partial charge in [0.05, 0.1) is 7.18 Å². The van der Waals surface area contributed by atoms with Gasteiger partial charge in [-0.2, -0.15) is 8.42 Å². The van der Waals surface area contributed by atoms with Crippen molar-refractivity contribution in [2.45, 2.75) is 11.8 Å². The minimum atomic E-state index is -5.10. The highest BCUT2D eigenvalue weighted by molar-refractivity contribution is 7.85. The van der Waals surface area contributed by atoms with E-state index in [0.717, 1.165) is 6.92 Å². The number of aryl methyl sites for hydroxylation is 1. The highest BCUT2D eigenvalue weighted by atomic mass is 32.2. The minimum absolute atomic E-state index is 0.406. The van der Waals surface area contributed by atoms with Gasteiger partial charge in [-0.25, -0.2) is 13.2 Å². The van der Waals surface area contributed by atoms with Gasteiger partial charge in [-0.1, -0.05) is 0 Å². The van der Waals surface area contributed by atoms with Gasteiger partial charge in [0.1, 0.15) is 5.82 Å². The van der Waals surface area contributed by atoms with Crippen molar-refractivity contribution in [1.29, 1.82) is 0 Å². The molecule has 0 bridgehead atoms. The Morgan fingerprint density at radius 2 is 1.56 bits per heavy atom. The van der Waals surface area contributed by atoms with Crippen molar-refractivity contribution in [2.24, 2.45) is 0 Å². The molecule has 16 heavy (non-hydrogen) atoms. The Hall–Kier alpha value is -1.15. The smallest absolute Gasteiger partial charge is 0.282 e. The van der Waals surface area contributed by atoms with Crippen LogP contribution in [0, 0.1) is 24.4 Å². The van der Waals surface area contributed by atoms with Gasteiger partial charge < -0.3 is 0 Å². The molecule has 0 saturated carbocycles. The lowest BCUT2D eigenvalue weighted by Gasteiger charge is -2.04.